The van der Waals surface area contributed by atoms with Gasteiger partial charge in [-0.3, -0.25) is 4.79 Å². The molecule has 2 aromatic rings. The van der Waals surface area contributed by atoms with Crippen LogP contribution in [0.4, 0.5) is 0 Å². The van der Waals surface area contributed by atoms with Gasteiger partial charge in [0, 0.05) is 35.6 Å². The molecule has 1 aliphatic carbocycles. The lowest BCUT2D eigenvalue weighted by molar-refractivity contribution is 0.0926. The monoisotopic (exact) mass is 327 g/mol. The third-order valence-corrected chi connectivity index (χ3v) is 4.65. The lowest BCUT2D eigenvalue weighted by Gasteiger charge is -2.20. The Bertz CT molecular complexity index is 656. The molecule has 2 heterocycles. The van der Waals surface area contributed by atoms with Gasteiger partial charge in [0.25, 0.3) is 5.91 Å². The topological polar surface area (TPSA) is 67.0 Å². The molecule has 0 saturated heterocycles. The van der Waals surface area contributed by atoms with Crippen LogP contribution < -0.4 is 10.1 Å². The molecule has 128 valence electrons. The molecule has 0 unspecified atom stereocenters. The van der Waals surface area contributed by atoms with Crippen molar-refractivity contribution in [2.75, 3.05) is 7.11 Å². The Kier molecular flexibility index (Phi) is 5.51. The van der Waals surface area contributed by atoms with Gasteiger partial charge in [0.2, 0.25) is 5.88 Å². The minimum Gasteiger partial charge on any atom is -0.481 e. The van der Waals surface area contributed by atoms with Crippen LogP contribution >= 0.6 is 0 Å². The third-order valence-electron chi connectivity index (χ3n) is 4.65. The number of nitrogens with zero attached hydrogens (tertiary/aromatic N) is 1. The standard InChI is InChI=1S/C19H25N3O2/c1-24-18-10-9-14(12-21-18)15-11-17(20-13-15)19(23)22-16-7-5-3-2-4-6-8-16/h9-13,16,20H,2-8H2,1H3,(H,22,23). The van der Waals surface area contributed by atoms with E-state index < -0.39 is 0 Å². The van der Waals surface area contributed by atoms with E-state index in [9.17, 15) is 4.79 Å². The van der Waals surface area contributed by atoms with E-state index in [1.54, 1.807) is 13.3 Å². The van der Waals surface area contributed by atoms with Crippen molar-refractivity contribution in [2.45, 2.75) is 51.0 Å². The molecule has 5 nitrogen and oxygen atoms in total. The summed E-state index contributed by atoms with van der Waals surface area (Å²) in [5.74, 6) is 0.560. The molecular formula is C19H25N3O2. The fraction of sp³-hybridized carbons (Fsp3) is 0.474. The molecular weight excluding hydrogens is 302 g/mol. The first-order chi connectivity index (χ1) is 11.8. The molecule has 0 aromatic carbocycles. The maximum atomic E-state index is 12.5. The number of amides is 1. The second kappa shape index (κ2) is 7.99. The number of hydrogen-bond donors (Lipinski definition) is 2. The highest BCUT2D eigenvalue weighted by atomic mass is 16.5. The van der Waals surface area contributed by atoms with Gasteiger partial charge >= 0.3 is 0 Å². The van der Waals surface area contributed by atoms with Crippen LogP contribution in [-0.2, 0) is 0 Å². The van der Waals surface area contributed by atoms with Crippen LogP contribution in [0.2, 0.25) is 0 Å². The fourth-order valence-corrected chi connectivity index (χ4v) is 3.23. The predicted molar refractivity (Wildman–Crippen MR) is 94.1 cm³/mol. The summed E-state index contributed by atoms with van der Waals surface area (Å²) in [7, 11) is 1.59. The molecule has 0 spiro atoms. The summed E-state index contributed by atoms with van der Waals surface area (Å²) in [5, 5.41) is 3.18. The highest BCUT2D eigenvalue weighted by molar-refractivity contribution is 5.94. The van der Waals surface area contributed by atoms with Gasteiger partial charge in [0.05, 0.1) is 7.11 Å². The number of methoxy groups -OCH3 is 1. The zero-order valence-corrected chi connectivity index (χ0v) is 14.2. The highest BCUT2D eigenvalue weighted by Gasteiger charge is 2.16. The Balaban J connectivity index is 1.64. The van der Waals surface area contributed by atoms with Crippen molar-refractivity contribution in [3.63, 3.8) is 0 Å². The van der Waals surface area contributed by atoms with E-state index in [0.29, 0.717) is 17.6 Å². The second-order valence-electron chi connectivity index (χ2n) is 6.41. The van der Waals surface area contributed by atoms with E-state index in [2.05, 4.69) is 15.3 Å². The minimum atomic E-state index is -0.0201. The van der Waals surface area contributed by atoms with Crippen LogP contribution in [0.15, 0.2) is 30.6 Å². The SMILES string of the molecule is COc1ccc(-c2c[nH]c(C(=O)NC3CCCCCCC3)c2)cn1. The molecule has 0 radical (unpaired) electrons. The maximum Gasteiger partial charge on any atom is 0.267 e. The lowest BCUT2D eigenvalue weighted by Crippen LogP contribution is -2.35. The van der Waals surface area contributed by atoms with Gasteiger partial charge in [-0.2, -0.15) is 0 Å². The van der Waals surface area contributed by atoms with Crippen molar-refractivity contribution in [3.8, 4) is 17.0 Å². The molecule has 0 bridgehead atoms. The third kappa shape index (κ3) is 4.16. The van der Waals surface area contributed by atoms with E-state index in [4.69, 9.17) is 4.74 Å². The molecule has 0 atom stereocenters. The van der Waals surface area contributed by atoms with Gasteiger partial charge in [0.1, 0.15) is 5.69 Å². The molecule has 0 aliphatic heterocycles. The molecule has 1 aliphatic rings. The molecule has 1 saturated carbocycles. The molecule has 5 heteroatoms. The molecule has 3 rings (SSSR count). The van der Waals surface area contributed by atoms with E-state index in [-0.39, 0.29) is 5.91 Å². The molecule has 1 fully saturated rings. The summed E-state index contributed by atoms with van der Waals surface area (Å²) in [6.45, 7) is 0. The van der Waals surface area contributed by atoms with Gasteiger partial charge < -0.3 is 15.0 Å². The number of carbonyl (C=O) groups excluding carboxylic acids is 1. The average Bonchev–Trinajstić information content (AvgIpc) is 3.07. The van der Waals surface area contributed by atoms with Crippen molar-refractivity contribution in [1.82, 2.24) is 15.3 Å². The number of rotatable bonds is 4. The van der Waals surface area contributed by atoms with Crippen molar-refractivity contribution < 1.29 is 9.53 Å². The Morgan fingerprint density at radius 1 is 1.17 bits per heavy atom. The number of aromatic nitrogens is 2. The molecule has 1 amide bonds. The Morgan fingerprint density at radius 2 is 1.92 bits per heavy atom. The van der Waals surface area contributed by atoms with E-state index in [1.807, 2.05) is 24.4 Å². The summed E-state index contributed by atoms with van der Waals surface area (Å²) in [5.41, 5.74) is 2.51. The number of pyridine rings is 1. The van der Waals surface area contributed by atoms with Crippen LogP contribution in [0.5, 0.6) is 5.88 Å². The number of ether oxygens (including phenoxy) is 1. The summed E-state index contributed by atoms with van der Waals surface area (Å²) in [4.78, 5) is 19.8. The van der Waals surface area contributed by atoms with Crippen molar-refractivity contribution in [3.05, 3.63) is 36.3 Å². The summed E-state index contributed by atoms with van der Waals surface area (Å²) < 4.78 is 5.07. The van der Waals surface area contributed by atoms with Crippen molar-refractivity contribution in [1.29, 1.82) is 0 Å². The van der Waals surface area contributed by atoms with Gasteiger partial charge in [-0.25, -0.2) is 4.98 Å². The molecule has 2 N–H and O–H groups in total. The van der Waals surface area contributed by atoms with Crippen LogP contribution in [0.3, 0.4) is 0 Å². The summed E-state index contributed by atoms with van der Waals surface area (Å²) >= 11 is 0. The van der Waals surface area contributed by atoms with Crippen LogP contribution in [-0.4, -0.2) is 29.0 Å². The smallest absolute Gasteiger partial charge is 0.267 e. The first-order valence-corrected chi connectivity index (χ1v) is 8.76. The first kappa shape index (κ1) is 16.6. The number of H-pyrrole nitrogens is 1. The maximum absolute atomic E-state index is 12.5. The average molecular weight is 327 g/mol. The fourth-order valence-electron chi connectivity index (χ4n) is 3.23. The van der Waals surface area contributed by atoms with E-state index >= 15 is 0 Å². The van der Waals surface area contributed by atoms with Gasteiger partial charge in [-0.05, 0) is 25.0 Å². The second-order valence-corrected chi connectivity index (χ2v) is 6.41. The molecule has 2 aromatic heterocycles. The highest BCUT2D eigenvalue weighted by Crippen LogP contribution is 2.22. The van der Waals surface area contributed by atoms with Crippen molar-refractivity contribution in [2.24, 2.45) is 0 Å². The number of carbonyl (C=O) groups is 1. The van der Waals surface area contributed by atoms with E-state index in [1.165, 1.54) is 32.1 Å². The number of aromatic amines is 1. The van der Waals surface area contributed by atoms with Gasteiger partial charge in [0.15, 0.2) is 0 Å². The van der Waals surface area contributed by atoms with E-state index in [0.717, 1.165) is 24.0 Å². The van der Waals surface area contributed by atoms with Gasteiger partial charge in [-0.1, -0.05) is 32.1 Å². The molecule has 24 heavy (non-hydrogen) atoms. The summed E-state index contributed by atoms with van der Waals surface area (Å²) in [6.07, 6.45) is 12.1. The predicted octanol–water partition coefficient (Wildman–Crippen LogP) is 3.93. The largest absolute Gasteiger partial charge is 0.481 e. The summed E-state index contributed by atoms with van der Waals surface area (Å²) in [6, 6.07) is 5.93. The van der Waals surface area contributed by atoms with Crippen LogP contribution in [0.1, 0.15) is 55.4 Å². The Hall–Kier alpha value is -2.30. The Labute approximate surface area is 142 Å². The van der Waals surface area contributed by atoms with Crippen LogP contribution in [0.25, 0.3) is 11.1 Å². The van der Waals surface area contributed by atoms with Crippen molar-refractivity contribution >= 4 is 5.91 Å². The zero-order valence-electron chi connectivity index (χ0n) is 14.2. The van der Waals surface area contributed by atoms with Crippen LogP contribution in [0, 0.1) is 0 Å². The lowest BCUT2D eigenvalue weighted by atomic mass is 9.96. The Morgan fingerprint density at radius 3 is 2.58 bits per heavy atom. The number of hydrogen-bond acceptors (Lipinski definition) is 3. The quantitative estimate of drug-likeness (QED) is 0.894. The number of nitrogens with one attached hydrogen (secondary N) is 2. The normalized spacial score (nSPS) is 16.2. The van der Waals surface area contributed by atoms with Gasteiger partial charge in [-0.15, -0.1) is 0 Å². The first-order valence-electron chi connectivity index (χ1n) is 8.76. The zero-order chi connectivity index (χ0) is 16.8. The minimum absolute atomic E-state index is 0.0201.